The highest BCUT2D eigenvalue weighted by Gasteiger charge is 2.52. The lowest BCUT2D eigenvalue weighted by atomic mass is 9.92. The summed E-state index contributed by atoms with van der Waals surface area (Å²) < 4.78 is 32.1. The molecule has 13 heteroatoms. The predicted octanol–water partition coefficient (Wildman–Crippen LogP) is 5.74. The summed E-state index contributed by atoms with van der Waals surface area (Å²) >= 11 is 16.0. The smallest absolute Gasteiger partial charge is 0.260 e. The van der Waals surface area contributed by atoms with Crippen LogP contribution in [0, 0.1) is 0 Å². The molecule has 0 spiro atoms. The Hall–Kier alpha value is -3.22. The largest absolute Gasteiger partial charge is 0.336 e. The molecule has 0 aliphatic carbocycles. The lowest BCUT2D eigenvalue weighted by Gasteiger charge is -2.34. The second-order valence-electron chi connectivity index (χ2n) is 10.6. The van der Waals surface area contributed by atoms with E-state index < -0.39 is 15.6 Å². The van der Waals surface area contributed by atoms with Gasteiger partial charge in [-0.1, -0.05) is 69.5 Å². The molecule has 3 aromatic carbocycles. The van der Waals surface area contributed by atoms with E-state index in [1.165, 1.54) is 20.0 Å². The highest BCUT2D eigenvalue weighted by atomic mass is 79.9. The molecule has 9 nitrogen and oxygen atoms in total. The van der Waals surface area contributed by atoms with E-state index in [1.54, 1.807) is 54.3 Å². The zero-order valence-corrected chi connectivity index (χ0v) is 26.9. The number of nitrogens with zero attached hydrogens (tertiary/aromatic N) is 5. The Bertz CT molecular complexity index is 1810. The van der Waals surface area contributed by atoms with Crippen molar-refractivity contribution < 1.29 is 18.0 Å². The molecule has 4 aromatic rings. The number of hydrogen-bond acceptors (Lipinski definition) is 5. The van der Waals surface area contributed by atoms with E-state index in [-0.39, 0.29) is 55.4 Å². The second-order valence-corrected chi connectivity index (χ2v) is 14.3. The zero-order valence-electron chi connectivity index (χ0n) is 23.0. The Morgan fingerprint density at radius 3 is 2.21 bits per heavy atom. The zero-order chi connectivity index (χ0) is 30.5. The molecule has 2 aliphatic heterocycles. The van der Waals surface area contributed by atoms with Crippen LogP contribution in [-0.2, 0) is 26.8 Å². The first-order valence-electron chi connectivity index (χ1n) is 13.5. The average Bonchev–Trinajstić information content (AvgIpc) is 3.52. The molecule has 0 bridgehead atoms. The maximum atomic E-state index is 14.3. The Labute approximate surface area is 267 Å². The van der Waals surface area contributed by atoms with Crippen LogP contribution in [0.15, 0.2) is 88.5 Å². The minimum absolute atomic E-state index is 0.103. The maximum absolute atomic E-state index is 14.3. The molecule has 0 N–H and O–H groups in total. The predicted molar refractivity (Wildman–Crippen MR) is 168 cm³/mol. The number of carbonyl (C=O) groups excluding carboxylic acids is 2. The first kappa shape index (κ1) is 29.8. The molecule has 1 atom stereocenters. The summed E-state index contributed by atoms with van der Waals surface area (Å²) in [5.41, 5.74) is 0.421. The number of benzene rings is 3. The van der Waals surface area contributed by atoms with E-state index in [4.69, 9.17) is 23.2 Å². The van der Waals surface area contributed by atoms with Crippen LogP contribution in [0.3, 0.4) is 0 Å². The van der Waals surface area contributed by atoms with Crippen molar-refractivity contribution in [3.63, 3.8) is 0 Å². The molecule has 2 amide bonds. The van der Waals surface area contributed by atoms with Gasteiger partial charge in [0, 0.05) is 52.7 Å². The number of amides is 2. The maximum Gasteiger partial charge on any atom is 0.260 e. The molecule has 6 rings (SSSR count). The van der Waals surface area contributed by atoms with Gasteiger partial charge < -0.3 is 4.90 Å². The van der Waals surface area contributed by atoms with Crippen LogP contribution in [0.2, 0.25) is 10.0 Å². The van der Waals surface area contributed by atoms with Crippen molar-refractivity contribution >= 4 is 72.6 Å². The molecule has 3 heterocycles. The van der Waals surface area contributed by atoms with Gasteiger partial charge in [-0.3, -0.25) is 14.2 Å². The normalized spacial score (nSPS) is 19.1. The summed E-state index contributed by atoms with van der Waals surface area (Å²) in [6, 6.07) is 21.1. The summed E-state index contributed by atoms with van der Waals surface area (Å²) in [5, 5.41) is 0.547. The SMILES string of the molecule is CC1(Cc2ccc(Br)cc2)C(=O)N(c2cc(Cl)cc(Cl)c2)c2ncc(S(=O)(=O)N3CCN(C(=O)c4ccccc4)CC3)n21. The summed E-state index contributed by atoms with van der Waals surface area (Å²) in [5.74, 6) is -0.364. The van der Waals surface area contributed by atoms with Crippen LogP contribution in [0.5, 0.6) is 0 Å². The molecule has 0 radical (unpaired) electrons. The lowest BCUT2D eigenvalue weighted by molar-refractivity contribution is -0.124. The van der Waals surface area contributed by atoms with Gasteiger partial charge in [-0.15, -0.1) is 0 Å². The Morgan fingerprint density at radius 1 is 0.953 bits per heavy atom. The number of rotatable bonds is 6. The number of sulfonamides is 1. The van der Waals surface area contributed by atoms with Crippen LogP contribution < -0.4 is 4.90 Å². The summed E-state index contributed by atoms with van der Waals surface area (Å²) in [7, 11) is -4.12. The number of hydrogen-bond donors (Lipinski definition) is 0. The number of fused-ring (bicyclic) bond motifs is 1. The van der Waals surface area contributed by atoms with Crippen LogP contribution in [0.25, 0.3) is 0 Å². The van der Waals surface area contributed by atoms with Gasteiger partial charge >= 0.3 is 0 Å². The molecule has 2 aliphatic rings. The molecule has 222 valence electrons. The molecular weight excluding hydrogens is 677 g/mol. The van der Waals surface area contributed by atoms with E-state index in [2.05, 4.69) is 20.9 Å². The number of aromatic nitrogens is 2. The second kappa shape index (κ2) is 11.4. The minimum atomic E-state index is -4.12. The quantitative estimate of drug-likeness (QED) is 0.256. The molecular formula is C30H26BrCl2N5O4S. The summed E-state index contributed by atoms with van der Waals surface area (Å²) in [6.07, 6.45) is 1.49. The third-order valence-corrected chi connectivity index (χ3v) is 10.6. The van der Waals surface area contributed by atoms with Gasteiger partial charge in [-0.2, -0.15) is 4.31 Å². The highest BCUT2D eigenvalue weighted by Crippen LogP contribution is 2.45. The average molecular weight is 703 g/mol. The molecule has 1 saturated heterocycles. The van der Waals surface area contributed by atoms with Crippen molar-refractivity contribution in [3.8, 4) is 0 Å². The summed E-state index contributed by atoms with van der Waals surface area (Å²) in [4.78, 5) is 34.7. The molecule has 1 unspecified atom stereocenters. The van der Waals surface area contributed by atoms with Gasteiger partial charge in [-0.05, 0) is 55.0 Å². The van der Waals surface area contributed by atoms with Crippen molar-refractivity contribution in [1.29, 1.82) is 0 Å². The van der Waals surface area contributed by atoms with Crippen molar-refractivity contribution in [1.82, 2.24) is 18.8 Å². The summed E-state index contributed by atoms with van der Waals surface area (Å²) in [6.45, 7) is 2.38. The van der Waals surface area contributed by atoms with Crippen LogP contribution in [0.4, 0.5) is 11.6 Å². The molecule has 1 aromatic heterocycles. The standard InChI is InChI=1S/C30H26BrCl2N5O4S/c1-30(18-20-7-9-22(31)10-8-20)28(40)37(25-16-23(32)15-24(33)17-25)29-34-19-26(38(29)30)43(41,42)36-13-11-35(12-14-36)27(39)21-5-3-2-4-6-21/h2-10,15-17,19H,11-14,18H2,1H3. The number of carbonyl (C=O) groups is 2. The van der Waals surface area contributed by atoms with Crippen molar-refractivity contribution in [2.24, 2.45) is 0 Å². The van der Waals surface area contributed by atoms with E-state index in [0.717, 1.165) is 10.0 Å². The van der Waals surface area contributed by atoms with E-state index in [1.807, 2.05) is 30.3 Å². The first-order valence-corrected chi connectivity index (χ1v) is 16.5. The van der Waals surface area contributed by atoms with Gasteiger partial charge in [0.1, 0.15) is 5.54 Å². The fraction of sp³-hybridized carbons (Fsp3) is 0.233. The van der Waals surface area contributed by atoms with Crippen LogP contribution in [0.1, 0.15) is 22.8 Å². The fourth-order valence-corrected chi connectivity index (χ4v) is 8.03. The van der Waals surface area contributed by atoms with E-state index in [9.17, 15) is 18.0 Å². The Kier molecular flexibility index (Phi) is 7.89. The van der Waals surface area contributed by atoms with Gasteiger partial charge in [0.2, 0.25) is 5.95 Å². The number of halogens is 3. The third-order valence-electron chi connectivity index (χ3n) is 7.79. The first-order chi connectivity index (χ1) is 20.5. The van der Waals surface area contributed by atoms with Crippen molar-refractivity contribution in [2.75, 3.05) is 31.1 Å². The monoisotopic (exact) mass is 701 g/mol. The van der Waals surface area contributed by atoms with Crippen molar-refractivity contribution in [3.05, 3.63) is 105 Å². The number of imidazole rings is 1. The highest BCUT2D eigenvalue weighted by molar-refractivity contribution is 9.10. The molecule has 43 heavy (non-hydrogen) atoms. The van der Waals surface area contributed by atoms with Crippen LogP contribution in [-0.4, -0.2) is 65.2 Å². The van der Waals surface area contributed by atoms with Gasteiger partial charge in [-0.25, -0.2) is 18.3 Å². The number of anilines is 2. The molecule has 0 saturated carbocycles. The van der Waals surface area contributed by atoms with Gasteiger partial charge in [0.25, 0.3) is 21.8 Å². The number of piperazine rings is 1. The third kappa shape index (κ3) is 5.38. The molecule has 1 fully saturated rings. The topological polar surface area (TPSA) is 95.8 Å². The lowest BCUT2D eigenvalue weighted by Crippen LogP contribution is -2.51. The Morgan fingerprint density at radius 2 is 1.58 bits per heavy atom. The van der Waals surface area contributed by atoms with Gasteiger partial charge in [0.05, 0.1) is 11.9 Å². The van der Waals surface area contributed by atoms with E-state index in [0.29, 0.717) is 21.3 Å². The van der Waals surface area contributed by atoms with Crippen LogP contribution >= 0.6 is 39.1 Å². The Balaban J connectivity index is 1.37. The fourth-order valence-electron chi connectivity index (χ4n) is 5.64. The van der Waals surface area contributed by atoms with Gasteiger partial charge in [0.15, 0.2) is 5.03 Å². The minimum Gasteiger partial charge on any atom is -0.336 e. The van der Waals surface area contributed by atoms with Crippen molar-refractivity contribution in [2.45, 2.75) is 23.9 Å². The van der Waals surface area contributed by atoms with E-state index >= 15 is 0 Å².